The molecule has 4 heteroatoms. The summed E-state index contributed by atoms with van der Waals surface area (Å²) in [5.41, 5.74) is 2.43. The molecule has 0 amide bonds. The van der Waals surface area contributed by atoms with Crippen LogP contribution in [-0.2, 0) is 13.0 Å². The third-order valence-electron chi connectivity index (χ3n) is 5.14. The Morgan fingerprint density at radius 2 is 1.69 bits per heavy atom. The molecule has 26 heavy (non-hydrogen) atoms. The van der Waals surface area contributed by atoms with Crippen LogP contribution in [0, 0.1) is 0 Å². The molecule has 4 nitrogen and oxygen atoms in total. The number of likely N-dealkylation sites (tertiary alicyclic amines) is 1. The van der Waals surface area contributed by atoms with Crippen molar-refractivity contribution in [3.05, 3.63) is 66.0 Å². The third kappa shape index (κ3) is 3.86. The van der Waals surface area contributed by atoms with Gasteiger partial charge >= 0.3 is 0 Å². The number of benzene rings is 2. The number of nitrogens with zero attached hydrogens (tertiary/aromatic N) is 3. The van der Waals surface area contributed by atoms with E-state index in [-0.39, 0.29) is 0 Å². The average Bonchev–Trinajstić information content (AvgIpc) is 2.70. The zero-order valence-electron chi connectivity index (χ0n) is 15.4. The van der Waals surface area contributed by atoms with E-state index in [4.69, 9.17) is 4.98 Å². The van der Waals surface area contributed by atoms with Crippen LogP contribution in [0.1, 0.15) is 31.2 Å². The molecule has 3 aromatic rings. The fraction of sp³-hybridized carbons (Fsp3) is 0.364. The topological polar surface area (TPSA) is 41.1 Å². The van der Waals surface area contributed by atoms with Gasteiger partial charge in [0.25, 0.3) is 0 Å². The largest absolute Gasteiger partial charge is 0.367 e. The van der Waals surface area contributed by atoms with Crippen molar-refractivity contribution >= 4 is 16.7 Å². The van der Waals surface area contributed by atoms with Crippen molar-refractivity contribution in [1.29, 1.82) is 0 Å². The van der Waals surface area contributed by atoms with Crippen molar-refractivity contribution in [1.82, 2.24) is 14.9 Å². The lowest BCUT2D eigenvalue weighted by molar-refractivity contribution is 0.211. The summed E-state index contributed by atoms with van der Waals surface area (Å²) in [4.78, 5) is 12.0. The standard InChI is InChI=1S/C22H26N4/c1-2-21-24-20-11-7-6-10-19(20)22(25-21)23-18-12-14-26(15-13-18)16-17-8-4-3-5-9-17/h3-11,18H,2,12-16H2,1H3,(H,23,24,25). The van der Waals surface area contributed by atoms with Gasteiger partial charge in [0.15, 0.2) is 0 Å². The highest BCUT2D eigenvalue weighted by atomic mass is 15.1. The Labute approximate surface area is 155 Å². The maximum Gasteiger partial charge on any atom is 0.137 e. The Morgan fingerprint density at radius 1 is 0.962 bits per heavy atom. The molecule has 0 atom stereocenters. The first-order valence-electron chi connectivity index (χ1n) is 9.60. The number of hydrogen-bond donors (Lipinski definition) is 1. The minimum atomic E-state index is 0.477. The second-order valence-electron chi connectivity index (χ2n) is 7.04. The van der Waals surface area contributed by atoms with Crippen LogP contribution in [0.15, 0.2) is 54.6 Å². The first-order chi connectivity index (χ1) is 12.8. The number of hydrogen-bond acceptors (Lipinski definition) is 4. The van der Waals surface area contributed by atoms with Gasteiger partial charge in [-0.05, 0) is 30.5 Å². The highest BCUT2D eigenvalue weighted by molar-refractivity contribution is 5.89. The highest BCUT2D eigenvalue weighted by Gasteiger charge is 2.20. The molecule has 0 unspecified atom stereocenters. The minimum absolute atomic E-state index is 0.477. The van der Waals surface area contributed by atoms with E-state index in [0.717, 1.165) is 61.4 Å². The molecule has 0 bridgehead atoms. The highest BCUT2D eigenvalue weighted by Crippen LogP contribution is 2.24. The molecule has 0 radical (unpaired) electrons. The van der Waals surface area contributed by atoms with Crippen molar-refractivity contribution in [2.75, 3.05) is 18.4 Å². The van der Waals surface area contributed by atoms with E-state index in [0.29, 0.717) is 6.04 Å². The van der Waals surface area contributed by atoms with Gasteiger partial charge < -0.3 is 5.32 Å². The molecule has 1 fully saturated rings. The Hall–Kier alpha value is -2.46. The molecule has 2 aromatic carbocycles. The lowest BCUT2D eigenvalue weighted by Gasteiger charge is -2.32. The zero-order chi connectivity index (χ0) is 17.8. The number of anilines is 1. The van der Waals surface area contributed by atoms with Gasteiger partial charge in [0.05, 0.1) is 5.52 Å². The Morgan fingerprint density at radius 3 is 2.46 bits per heavy atom. The van der Waals surface area contributed by atoms with E-state index in [9.17, 15) is 0 Å². The minimum Gasteiger partial charge on any atom is -0.367 e. The number of nitrogens with one attached hydrogen (secondary N) is 1. The molecular formula is C22H26N4. The second-order valence-corrected chi connectivity index (χ2v) is 7.04. The summed E-state index contributed by atoms with van der Waals surface area (Å²) in [5, 5.41) is 4.83. The van der Waals surface area contributed by atoms with Crippen molar-refractivity contribution < 1.29 is 0 Å². The van der Waals surface area contributed by atoms with Gasteiger partial charge in [-0.25, -0.2) is 9.97 Å². The fourth-order valence-electron chi connectivity index (χ4n) is 3.66. The number of piperidine rings is 1. The summed E-state index contributed by atoms with van der Waals surface area (Å²) >= 11 is 0. The monoisotopic (exact) mass is 346 g/mol. The smallest absolute Gasteiger partial charge is 0.137 e. The number of para-hydroxylation sites is 1. The molecule has 1 saturated heterocycles. The molecule has 0 aliphatic carbocycles. The van der Waals surface area contributed by atoms with Crippen LogP contribution < -0.4 is 5.32 Å². The predicted molar refractivity (Wildman–Crippen MR) is 107 cm³/mol. The Kier molecular flexibility index (Phi) is 5.12. The predicted octanol–water partition coefficient (Wildman–Crippen LogP) is 4.27. The SMILES string of the molecule is CCc1nc(NC2CCN(Cc3ccccc3)CC2)c2ccccc2n1. The van der Waals surface area contributed by atoms with Crippen LogP contribution in [0.4, 0.5) is 5.82 Å². The van der Waals surface area contributed by atoms with E-state index in [1.165, 1.54) is 5.56 Å². The Balaban J connectivity index is 1.42. The van der Waals surface area contributed by atoms with Gasteiger partial charge in [-0.2, -0.15) is 0 Å². The van der Waals surface area contributed by atoms with Crippen molar-refractivity contribution in [2.45, 2.75) is 38.8 Å². The summed E-state index contributed by atoms with van der Waals surface area (Å²) in [6.45, 7) is 5.40. The maximum absolute atomic E-state index is 4.76. The molecule has 4 rings (SSSR count). The lowest BCUT2D eigenvalue weighted by Crippen LogP contribution is -2.38. The molecular weight excluding hydrogens is 320 g/mol. The van der Waals surface area contributed by atoms with E-state index in [2.05, 4.69) is 70.7 Å². The number of aryl methyl sites for hydroxylation is 1. The van der Waals surface area contributed by atoms with Crippen LogP contribution in [0.25, 0.3) is 10.9 Å². The summed E-state index contributed by atoms with van der Waals surface area (Å²) in [7, 11) is 0. The van der Waals surface area contributed by atoms with Crippen molar-refractivity contribution in [2.24, 2.45) is 0 Å². The van der Waals surface area contributed by atoms with Gasteiger partial charge in [0, 0.05) is 37.5 Å². The van der Waals surface area contributed by atoms with Crippen LogP contribution in [0.5, 0.6) is 0 Å². The van der Waals surface area contributed by atoms with E-state index in [1.54, 1.807) is 0 Å². The summed E-state index contributed by atoms with van der Waals surface area (Å²) < 4.78 is 0. The molecule has 0 saturated carbocycles. The molecule has 1 aliphatic rings. The van der Waals surface area contributed by atoms with Crippen LogP contribution >= 0.6 is 0 Å². The van der Waals surface area contributed by atoms with Gasteiger partial charge in [-0.1, -0.05) is 49.4 Å². The van der Waals surface area contributed by atoms with E-state index in [1.807, 2.05) is 6.07 Å². The molecule has 1 aliphatic heterocycles. The molecule has 1 N–H and O–H groups in total. The number of aromatic nitrogens is 2. The van der Waals surface area contributed by atoms with Crippen LogP contribution in [0.3, 0.4) is 0 Å². The maximum atomic E-state index is 4.76. The normalized spacial score (nSPS) is 16.0. The lowest BCUT2D eigenvalue weighted by atomic mass is 10.0. The fourth-order valence-corrected chi connectivity index (χ4v) is 3.66. The molecule has 2 heterocycles. The van der Waals surface area contributed by atoms with E-state index < -0.39 is 0 Å². The zero-order valence-corrected chi connectivity index (χ0v) is 15.4. The van der Waals surface area contributed by atoms with Crippen molar-refractivity contribution in [3.8, 4) is 0 Å². The number of fused-ring (bicyclic) bond motifs is 1. The van der Waals surface area contributed by atoms with Gasteiger partial charge in [-0.15, -0.1) is 0 Å². The van der Waals surface area contributed by atoms with E-state index >= 15 is 0 Å². The Bertz CT molecular complexity index is 854. The summed E-state index contributed by atoms with van der Waals surface area (Å²) in [6, 6.07) is 19.5. The molecule has 134 valence electrons. The summed E-state index contributed by atoms with van der Waals surface area (Å²) in [5.74, 6) is 1.90. The average molecular weight is 346 g/mol. The number of rotatable bonds is 5. The van der Waals surface area contributed by atoms with Crippen LogP contribution in [-0.4, -0.2) is 34.0 Å². The van der Waals surface area contributed by atoms with Gasteiger partial charge in [0.1, 0.15) is 11.6 Å². The quantitative estimate of drug-likeness (QED) is 0.749. The van der Waals surface area contributed by atoms with Gasteiger partial charge in [-0.3, -0.25) is 4.90 Å². The first kappa shape index (κ1) is 17.0. The second kappa shape index (κ2) is 7.83. The van der Waals surface area contributed by atoms with Gasteiger partial charge in [0.2, 0.25) is 0 Å². The third-order valence-corrected chi connectivity index (χ3v) is 5.14. The van der Waals surface area contributed by atoms with Crippen molar-refractivity contribution in [3.63, 3.8) is 0 Å². The van der Waals surface area contributed by atoms with Crippen LogP contribution in [0.2, 0.25) is 0 Å². The summed E-state index contributed by atoms with van der Waals surface area (Å²) in [6.07, 6.45) is 3.15. The first-order valence-corrected chi connectivity index (χ1v) is 9.60. The molecule has 1 aromatic heterocycles. The molecule has 0 spiro atoms.